The number of nitrogens with one attached hydrogen (secondary N) is 2. The number of amides is 2. The molecule has 2 rings (SSSR count). The van der Waals surface area contributed by atoms with E-state index in [-0.39, 0.29) is 29.0 Å². The zero-order valence-corrected chi connectivity index (χ0v) is 17.1. The predicted octanol–water partition coefficient (Wildman–Crippen LogP) is 4.28. The van der Waals surface area contributed by atoms with E-state index in [0.717, 1.165) is 22.5 Å². The number of ether oxygens (including phenoxy) is 1. The number of halogens is 1. The van der Waals surface area contributed by atoms with Crippen LogP contribution < -0.4 is 10.6 Å². The van der Waals surface area contributed by atoms with Crippen molar-refractivity contribution in [3.05, 3.63) is 45.3 Å². The molecule has 0 spiro atoms. The topological polar surface area (TPSA) is 84.5 Å². The Balaban J connectivity index is 2.40. The second-order valence-corrected chi connectivity index (χ2v) is 7.22. The second-order valence-electron chi connectivity index (χ2n) is 5.94. The van der Waals surface area contributed by atoms with Crippen molar-refractivity contribution >= 4 is 51.4 Å². The van der Waals surface area contributed by atoms with Gasteiger partial charge in [0, 0.05) is 5.69 Å². The summed E-state index contributed by atoms with van der Waals surface area (Å²) in [6.45, 7) is 7.39. The van der Waals surface area contributed by atoms with Gasteiger partial charge in [0.1, 0.15) is 10.9 Å². The molecule has 0 bridgehead atoms. The first-order chi connectivity index (χ1) is 12.8. The van der Waals surface area contributed by atoms with Gasteiger partial charge in [-0.25, -0.2) is 4.79 Å². The molecule has 1 aromatic heterocycles. The molecule has 1 heterocycles. The number of esters is 1. The number of hydrogen-bond donors (Lipinski definition) is 2. The first-order valence-corrected chi connectivity index (χ1v) is 9.68. The van der Waals surface area contributed by atoms with Crippen molar-refractivity contribution in [3.8, 4) is 0 Å². The van der Waals surface area contributed by atoms with E-state index in [4.69, 9.17) is 16.3 Å². The molecule has 0 fully saturated rings. The Hall–Kier alpha value is -2.38. The predicted molar refractivity (Wildman–Crippen MR) is 108 cm³/mol. The third kappa shape index (κ3) is 4.87. The van der Waals surface area contributed by atoms with Crippen LogP contribution in [0.4, 0.5) is 10.7 Å². The normalized spacial score (nSPS) is 10.4. The van der Waals surface area contributed by atoms with Gasteiger partial charge >= 0.3 is 5.97 Å². The molecule has 27 heavy (non-hydrogen) atoms. The SMILES string of the molecule is CCOC(=O)c1c(NC(=O)CCl)sc(C(=O)Nc2ccc(C)cc2C)c1C. The molecule has 8 heteroatoms. The summed E-state index contributed by atoms with van der Waals surface area (Å²) in [7, 11) is 0. The molecule has 0 saturated carbocycles. The van der Waals surface area contributed by atoms with Crippen LogP contribution >= 0.6 is 22.9 Å². The zero-order chi connectivity index (χ0) is 20.1. The standard InChI is InChI=1S/C19H21ClN2O4S/c1-5-26-19(25)15-12(4)16(27-18(15)22-14(23)9-20)17(24)21-13-7-6-10(2)8-11(13)3/h6-8H,5,9H2,1-4H3,(H,21,24)(H,22,23). The van der Waals surface area contributed by atoms with Gasteiger partial charge in [-0.15, -0.1) is 22.9 Å². The van der Waals surface area contributed by atoms with E-state index in [9.17, 15) is 14.4 Å². The molecule has 0 atom stereocenters. The minimum atomic E-state index is -0.596. The fourth-order valence-electron chi connectivity index (χ4n) is 2.56. The molecule has 2 amide bonds. The molecule has 144 valence electrons. The van der Waals surface area contributed by atoms with Crippen molar-refractivity contribution in [2.24, 2.45) is 0 Å². The van der Waals surface area contributed by atoms with Gasteiger partial charge in [0.25, 0.3) is 5.91 Å². The maximum absolute atomic E-state index is 12.8. The lowest BCUT2D eigenvalue weighted by Gasteiger charge is -2.09. The highest BCUT2D eigenvalue weighted by molar-refractivity contribution is 7.19. The minimum Gasteiger partial charge on any atom is -0.462 e. The van der Waals surface area contributed by atoms with Crippen molar-refractivity contribution in [2.45, 2.75) is 27.7 Å². The number of rotatable bonds is 6. The van der Waals surface area contributed by atoms with Crippen LogP contribution in [0.1, 0.15) is 43.6 Å². The van der Waals surface area contributed by atoms with E-state index in [0.29, 0.717) is 16.1 Å². The lowest BCUT2D eigenvalue weighted by atomic mass is 10.1. The number of aryl methyl sites for hydroxylation is 2. The maximum Gasteiger partial charge on any atom is 0.341 e. The van der Waals surface area contributed by atoms with Gasteiger partial charge in [0.2, 0.25) is 5.91 Å². The molecule has 0 saturated heterocycles. The summed E-state index contributed by atoms with van der Waals surface area (Å²) in [5.41, 5.74) is 3.33. The largest absolute Gasteiger partial charge is 0.462 e. The molecule has 2 N–H and O–H groups in total. The molecule has 6 nitrogen and oxygen atoms in total. The Kier molecular flexibility index (Phi) is 6.98. The monoisotopic (exact) mass is 408 g/mol. The van der Waals surface area contributed by atoms with E-state index >= 15 is 0 Å². The fourth-order valence-corrected chi connectivity index (χ4v) is 3.73. The molecular weight excluding hydrogens is 388 g/mol. The van der Waals surface area contributed by atoms with Gasteiger partial charge in [-0.2, -0.15) is 0 Å². The summed E-state index contributed by atoms with van der Waals surface area (Å²) < 4.78 is 5.06. The van der Waals surface area contributed by atoms with Crippen molar-refractivity contribution < 1.29 is 19.1 Å². The van der Waals surface area contributed by atoms with Crippen LogP contribution in [-0.4, -0.2) is 30.3 Å². The van der Waals surface area contributed by atoms with Crippen molar-refractivity contribution in [1.29, 1.82) is 0 Å². The van der Waals surface area contributed by atoms with Crippen LogP contribution in [0.3, 0.4) is 0 Å². The number of hydrogen-bond acceptors (Lipinski definition) is 5. The van der Waals surface area contributed by atoms with Crippen LogP contribution in [0.25, 0.3) is 0 Å². The van der Waals surface area contributed by atoms with E-state index in [1.165, 1.54) is 0 Å². The number of anilines is 2. The van der Waals surface area contributed by atoms with Gasteiger partial charge in [0.15, 0.2) is 0 Å². The van der Waals surface area contributed by atoms with Crippen LogP contribution in [-0.2, 0) is 9.53 Å². The highest BCUT2D eigenvalue weighted by atomic mass is 35.5. The molecule has 0 aliphatic carbocycles. The molecule has 2 aromatic rings. The molecule has 1 aromatic carbocycles. The number of benzene rings is 1. The van der Waals surface area contributed by atoms with Gasteiger partial charge in [0.05, 0.1) is 17.0 Å². The summed E-state index contributed by atoms with van der Waals surface area (Å²) in [5.74, 6) is -1.68. The summed E-state index contributed by atoms with van der Waals surface area (Å²) in [5, 5.41) is 5.67. The highest BCUT2D eigenvalue weighted by Crippen LogP contribution is 2.34. The van der Waals surface area contributed by atoms with Gasteiger partial charge < -0.3 is 15.4 Å². The Bertz CT molecular complexity index is 892. The third-order valence-corrected chi connectivity index (χ3v) is 5.29. The van der Waals surface area contributed by atoms with Crippen LogP contribution in [0.15, 0.2) is 18.2 Å². The first kappa shape index (κ1) is 20.9. The van der Waals surface area contributed by atoms with Crippen LogP contribution in [0.5, 0.6) is 0 Å². The van der Waals surface area contributed by atoms with Crippen LogP contribution in [0.2, 0.25) is 0 Å². The van der Waals surface area contributed by atoms with Gasteiger partial charge in [-0.1, -0.05) is 17.7 Å². The minimum absolute atomic E-state index is 0.172. The van der Waals surface area contributed by atoms with E-state index in [1.54, 1.807) is 13.8 Å². The summed E-state index contributed by atoms with van der Waals surface area (Å²) in [6, 6.07) is 5.70. The quantitative estimate of drug-likeness (QED) is 0.551. The van der Waals surface area contributed by atoms with Crippen LogP contribution in [0, 0.1) is 20.8 Å². The maximum atomic E-state index is 12.8. The second kappa shape index (κ2) is 9.01. The highest BCUT2D eigenvalue weighted by Gasteiger charge is 2.26. The Morgan fingerprint density at radius 3 is 2.44 bits per heavy atom. The lowest BCUT2D eigenvalue weighted by Crippen LogP contribution is -2.15. The molecule has 0 radical (unpaired) electrons. The van der Waals surface area contributed by atoms with Crippen molar-refractivity contribution in [1.82, 2.24) is 0 Å². The number of carbonyl (C=O) groups is 3. The van der Waals surface area contributed by atoms with E-state index < -0.39 is 11.9 Å². The fraction of sp³-hybridized carbons (Fsp3) is 0.316. The Morgan fingerprint density at radius 2 is 1.85 bits per heavy atom. The summed E-state index contributed by atoms with van der Waals surface area (Å²) in [4.78, 5) is 37.1. The summed E-state index contributed by atoms with van der Waals surface area (Å²) in [6.07, 6.45) is 0. The molecule has 0 aliphatic rings. The molecular formula is C19H21ClN2O4S. The Morgan fingerprint density at radius 1 is 1.15 bits per heavy atom. The van der Waals surface area contributed by atoms with E-state index in [1.807, 2.05) is 32.0 Å². The Labute approximate surface area is 166 Å². The average molecular weight is 409 g/mol. The lowest BCUT2D eigenvalue weighted by molar-refractivity contribution is -0.113. The van der Waals surface area contributed by atoms with Crippen molar-refractivity contribution in [3.63, 3.8) is 0 Å². The van der Waals surface area contributed by atoms with Crippen molar-refractivity contribution in [2.75, 3.05) is 23.1 Å². The van der Waals surface area contributed by atoms with E-state index in [2.05, 4.69) is 10.6 Å². The number of carbonyl (C=O) groups excluding carboxylic acids is 3. The van der Waals surface area contributed by atoms with Gasteiger partial charge in [-0.3, -0.25) is 9.59 Å². The summed E-state index contributed by atoms with van der Waals surface area (Å²) >= 11 is 6.56. The zero-order valence-electron chi connectivity index (χ0n) is 15.6. The molecule has 0 aliphatic heterocycles. The smallest absolute Gasteiger partial charge is 0.341 e. The number of thiophene rings is 1. The average Bonchev–Trinajstić information content (AvgIpc) is 2.93. The van der Waals surface area contributed by atoms with Gasteiger partial charge in [-0.05, 0) is 44.9 Å². The molecule has 0 unspecified atom stereocenters. The number of alkyl halides is 1. The third-order valence-electron chi connectivity index (χ3n) is 3.84. The first-order valence-electron chi connectivity index (χ1n) is 8.33.